The van der Waals surface area contributed by atoms with Crippen molar-refractivity contribution in [3.63, 3.8) is 0 Å². The van der Waals surface area contributed by atoms with Crippen LogP contribution in [0.25, 0.3) is 0 Å². The number of ether oxygens (including phenoxy) is 3. The summed E-state index contributed by atoms with van der Waals surface area (Å²) < 4.78 is 15.3. The second-order valence-electron chi connectivity index (χ2n) is 6.56. The second kappa shape index (κ2) is 13.0. The highest BCUT2D eigenvalue weighted by molar-refractivity contribution is 5.93. The monoisotopic (exact) mass is 429 g/mol. The van der Waals surface area contributed by atoms with Gasteiger partial charge in [-0.25, -0.2) is 9.59 Å². The lowest BCUT2D eigenvalue weighted by Gasteiger charge is -2.08. The van der Waals surface area contributed by atoms with Crippen molar-refractivity contribution < 1.29 is 33.7 Å². The van der Waals surface area contributed by atoms with Crippen molar-refractivity contribution in [2.75, 3.05) is 33.0 Å². The van der Waals surface area contributed by atoms with Crippen LogP contribution < -0.4 is 5.32 Å². The zero-order valence-corrected chi connectivity index (χ0v) is 17.5. The van der Waals surface area contributed by atoms with Crippen LogP contribution in [0.5, 0.6) is 5.75 Å². The molecule has 0 atom stereocenters. The molecule has 0 fully saturated rings. The zero-order chi connectivity index (χ0) is 22.5. The predicted molar refractivity (Wildman–Crippen MR) is 113 cm³/mol. The number of hydrogen-bond donors (Lipinski definition) is 2. The molecule has 8 nitrogen and oxygen atoms in total. The molecule has 166 valence electrons. The van der Waals surface area contributed by atoms with Crippen LogP contribution in [0.2, 0.25) is 0 Å². The van der Waals surface area contributed by atoms with Crippen molar-refractivity contribution >= 4 is 17.8 Å². The summed E-state index contributed by atoms with van der Waals surface area (Å²) in [5.74, 6) is -0.883. The summed E-state index contributed by atoms with van der Waals surface area (Å²) in [7, 11) is 0. The molecule has 0 unspecified atom stereocenters. The fourth-order valence-electron chi connectivity index (χ4n) is 2.60. The highest BCUT2D eigenvalue weighted by Gasteiger charge is 2.10. The third-order valence-electron chi connectivity index (χ3n) is 4.24. The lowest BCUT2D eigenvalue weighted by atomic mass is 10.1. The molecule has 1 amide bonds. The van der Waals surface area contributed by atoms with E-state index in [9.17, 15) is 19.5 Å². The Labute approximate surface area is 181 Å². The quantitative estimate of drug-likeness (QED) is 0.394. The summed E-state index contributed by atoms with van der Waals surface area (Å²) in [6, 6.07) is 12.8. The minimum absolute atomic E-state index is 0.0565. The van der Waals surface area contributed by atoms with Gasteiger partial charge >= 0.3 is 11.9 Å². The van der Waals surface area contributed by atoms with E-state index in [-0.39, 0.29) is 44.5 Å². The van der Waals surface area contributed by atoms with Gasteiger partial charge in [-0.2, -0.15) is 0 Å². The molecule has 2 rings (SSSR count). The molecule has 31 heavy (non-hydrogen) atoms. The molecule has 0 saturated carbocycles. The number of phenolic OH excluding ortho intramolecular Hbond substituents is 1. The average Bonchev–Trinajstić information content (AvgIpc) is 2.77. The first kappa shape index (κ1) is 23.9. The third-order valence-corrected chi connectivity index (χ3v) is 4.24. The van der Waals surface area contributed by atoms with Gasteiger partial charge in [0.05, 0.1) is 30.9 Å². The van der Waals surface area contributed by atoms with Crippen LogP contribution in [0.1, 0.15) is 39.6 Å². The Bertz CT molecular complexity index is 847. The molecule has 2 aromatic rings. The summed E-state index contributed by atoms with van der Waals surface area (Å²) in [6.45, 7) is 2.95. The molecule has 0 radical (unpaired) electrons. The number of carbonyl (C=O) groups excluding carboxylic acids is 3. The number of hydrogen-bond acceptors (Lipinski definition) is 7. The maximum Gasteiger partial charge on any atom is 0.338 e. The van der Waals surface area contributed by atoms with E-state index in [2.05, 4.69) is 5.32 Å². The summed E-state index contributed by atoms with van der Waals surface area (Å²) in [6.07, 6.45) is 0.877. The minimum atomic E-state index is -0.522. The Hall–Kier alpha value is -3.39. The first-order chi connectivity index (χ1) is 15.0. The number of carbonyl (C=O) groups is 3. The molecule has 0 heterocycles. The number of phenols is 1. The number of aromatic hydroxyl groups is 1. The van der Waals surface area contributed by atoms with Gasteiger partial charge in [0, 0.05) is 13.0 Å². The SMILES string of the molecule is CCOC(=O)c1ccc(C(=O)OCCOCCC(=O)NCCc2ccc(O)cc2)cc1. The van der Waals surface area contributed by atoms with E-state index in [4.69, 9.17) is 14.2 Å². The van der Waals surface area contributed by atoms with Crippen molar-refractivity contribution in [3.05, 3.63) is 65.2 Å². The maximum absolute atomic E-state index is 12.0. The van der Waals surface area contributed by atoms with E-state index in [1.807, 2.05) is 0 Å². The van der Waals surface area contributed by atoms with Crippen molar-refractivity contribution in [3.8, 4) is 5.75 Å². The van der Waals surface area contributed by atoms with Crippen LogP contribution in [0.15, 0.2) is 48.5 Å². The topological polar surface area (TPSA) is 111 Å². The van der Waals surface area contributed by atoms with Crippen LogP contribution >= 0.6 is 0 Å². The van der Waals surface area contributed by atoms with Gasteiger partial charge in [0.2, 0.25) is 5.91 Å². The zero-order valence-electron chi connectivity index (χ0n) is 17.5. The first-order valence-corrected chi connectivity index (χ1v) is 10.1. The van der Waals surface area contributed by atoms with Gasteiger partial charge in [-0.3, -0.25) is 4.79 Å². The molecule has 2 aromatic carbocycles. The van der Waals surface area contributed by atoms with E-state index in [0.29, 0.717) is 24.1 Å². The van der Waals surface area contributed by atoms with Crippen LogP contribution in [-0.2, 0) is 25.4 Å². The Morgan fingerprint density at radius 2 is 1.45 bits per heavy atom. The smallest absolute Gasteiger partial charge is 0.338 e. The molecule has 0 aliphatic rings. The van der Waals surface area contributed by atoms with Gasteiger partial charge in [0.25, 0.3) is 0 Å². The van der Waals surface area contributed by atoms with Crippen molar-refractivity contribution in [1.82, 2.24) is 5.32 Å². The van der Waals surface area contributed by atoms with Gasteiger partial charge in [-0.15, -0.1) is 0 Å². The number of esters is 2. The van der Waals surface area contributed by atoms with E-state index in [1.54, 1.807) is 31.2 Å². The third kappa shape index (κ3) is 8.88. The summed E-state index contributed by atoms with van der Waals surface area (Å²) >= 11 is 0. The lowest BCUT2D eigenvalue weighted by molar-refractivity contribution is -0.122. The standard InChI is InChI=1S/C23H27NO7/c1-2-30-22(27)18-5-7-19(8-6-18)23(28)31-16-15-29-14-12-21(26)24-13-11-17-3-9-20(25)10-4-17/h3-10,25H,2,11-16H2,1H3,(H,24,26). The molecule has 2 N–H and O–H groups in total. The fourth-order valence-corrected chi connectivity index (χ4v) is 2.60. The Morgan fingerprint density at radius 1 is 0.839 bits per heavy atom. The number of rotatable bonds is 12. The van der Waals surface area contributed by atoms with Gasteiger partial charge < -0.3 is 24.6 Å². The second-order valence-corrected chi connectivity index (χ2v) is 6.56. The number of benzene rings is 2. The molecule has 8 heteroatoms. The van der Waals surface area contributed by atoms with E-state index in [0.717, 1.165) is 5.56 Å². The van der Waals surface area contributed by atoms with Crippen molar-refractivity contribution in [2.24, 2.45) is 0 Å². The van der Waals surface area contributed by atoms with Crippen LogP contribution in [-0.4, -0.2) is 55.9 Å². The molecule has 0 bridgehead atoms. The van der Waals surface area contributed by atoms with Crippen LogP contribution in [0, 0.1) is 0 Å². The molecule has 0 saturated heterocycles. The Balaban J connectivity index is 1.54. The van der Waals surface area contributed by atoms with Gasteiger partial charge in [-0.1, -0.05) is 12.1 Å². The first-order valence-electron chi connectivity index (χ1n) is 10.1. The summed E-state index contributed by atoms with van der Waals surface area (Å²) in [5, 5.41) is 12.0. The fraction of sp³-hybridized carbons (Fsp3) is 0.348. The summed E-state index contributed by atoms with van der Waals surface area (Å²) in [5.41, 5.74) is 1.70. The maximum atomic E-state index is 12.0. The highest BCUT2D eigenvalue weighted by atomic mass is 16.6. The molecular formula is C23H27NO7. The predicted octanol–water partition coefficient (Wildman–Crippen LogP) is 2.49. The highest BCUT2D eigenvalue weighted by Crippen LogP contribution is 2.10. The number of nitrogens with one attached hydrogen (secondary N) is 1. The normalized spacial score (nSPS) is 10.4. The van der Waals surface area contributed by atoms with Crippen molar-refractivity contribution in [1.29, 1.82) is 0 Å². The number of amides is 1. The van der Waals surface area contributed by atoms with Crippen molar-refractivity contribution in [2.45, 2.75) is 19.8 Å². The molecule has 0 spiro atoms. The molecular weight excluding hydrogens is 402 g/mol. The summed E-state index contributed by atoms with van der Waals surface area (Å²) in [4.78, 5) is 35.3. The van der Waals surface area contributed by atoms with Gasteiger partial charge in [0.1, 0.15) is 12.4 Å². The largest absolute Gasteiger partial charge is 0.508 e. The van der Waals surface area contributed by atoms with E-state index in [1.165, 1.54) is 24.3 Å². The van der Waals surface area contributed by atoms with Gasteiger partial charge in [-0.05, 0) is 55.3 Å². The van der Waals surface area contributed by atoms with Crippen LogP contribution in [0.3, 0.4) is 0 Å². The van der Waals surface area contributed by atoms with Gasteiger partial charge in [0.15, 0.2) is 0 Å². The Morgan fingerprint density at radius 3 is 2.06 bits per heavy atom. The van der Waals surface area contributed by atoms with Crippen LogP contribution in [0.4, 0.5) is 0 Å². The van der Waals surface area contributed by atoms with E-state index >= 15 is 0 Å². The molecule has 0 aliphatic heterocycles. The minimum Gasteiger partial charge on any atom is -0.508 e. The molecule has 0 aliphatic carbocycles. The lowest BCUT2D eigenvalue weighted by Crippen LogP contribution is -2.26. The van der Waals surface area contributed by atoms with E-state index < -0.39 is 11.9 Å². The Kier molecular flexibility index (Phi) is 10.0. The average molecular weight is 429 g/mol. The molecule has 0 aromatic heterocycles.